The van der Waals surface area contributed by atoms with Crippen molar-refractivity contribution in [3.63, 3.8) is 0 Å². The minimum atomic E-state index is 0. The monoisotopic (exact) mass is 281 g/mol. The van der Waals surface area contributed by atoms with Gasteiger partial charge in [-0.2, -0.15) is 0 Å². The smallest absolute Gasteiger partial charge is 0.0144 e. The van der Waals surface area contributed by atoms with Crippen LogP contribution in [0.4, 0.5) is 0 Å². The van der Waals surface area contributed by atoms with Gasteiger partial charge in [0.15, 0.2) is 0 Å². The first-order valence-electron chi connectivity index (χ1n) is 7.22. The molecule has 1 heterocycles. The summed E-state index contributed by atoms with van der Waals surface area (Å²) in [6, 6.07) is 10.0. The van der Waals surface area contributed by atoms with Crippen LogP contribution in [0.3, 0.4) is 0 Å². The Balaban J connectivity index is 0.000000667. The van der Waals surface area contributed by atoms with E-state index in [4.69, 9.17) is 0 Å². The highest BCUT2D eigenvalue weighted by molar-refractivity contribution is 5.85. The van der Waals surface area contributed by atoms with Gasteiger partial charge in [-0.1, -0.05) is 37.1 Å². The zero-order chi connectivity index (χ0) is 11.3. The Morgan fingerprint density at radius 3 is 2.84 bits per heavy atom. The maximum absolute atomic E-state index is 3.79. The zero-order valence-corrected chi connectivity index (χ0v) is 12.1. The van der Waals surface area contributed by atoms with Gasteiger partial charge in [-0.15, -0.1) is 12.4 Å². The minimum absolute atomic E-state index is 0. The fourth-order valence-corrected chi connectivity index (χ4v) is 4.89. The van der Waals surface area contributed by atoms with Gasteiger partial charge in [0.2, 0.25) is 0 Å². The molecule has 0 aromatic heterocycles. The lowest BCUT2D eigenvalue weighted by Gasteiger charge is -2.56. The van der Waals surface area contributed by atoms with Gasteiger partial charge in [-0.05, 0) is 49.3 Å². The van der Waals surface area contributed by atoms with Crippen molar-refractivity contribution in [2.45, 2.75) is 50.0 Å². The second-order valence-corrected chi connectivity index (χ2v) is 6.18. The van der Waals surface area contributed by atoms with Crippen molar-refractivity contribution in [3.8, 4) is 0 Å². The van der Waals surface area contributed by atoms with Crippen molar-refractivity contribution in [2.75, 3.05) is 6.54 Å². The van der Waals surface area contributed by atoms with Crippen LogP contribution in [0.25, 0.3) is 0 Å². The Labute approximate surface area is 121 Å². The summed E-state index contributed by atoms with van der Waals surface area (Å²) < 4.78 is 0. The van der Waals surface area contributed by atoms with Crippen LogP contribution in [0.2, 0.25) is 0 Å². The van der Waals surface area contributed by atoms with Gasteiger partial charge in [-0.3, -0.25) is 0 Å². The maximum atomic E-state index is 3.79. The van der Waals surface area contributed by atoms with Crippen molar-refractivity contribution in [2.24, 2.45) is 5.92 Å². The quantitative estimate of drug-likeness (QED) is 0.781. The molecule has 106 valence electrons. The molecule has 1 aromatic rings. The molecule has 2 aliphatic carbocycles. The van der Waals surface area contributed by atoms with E-state index in [2.05, 4.69) is 29.6 Å². The van der Waals surface area contributed by atoms with Crippen LogP contribution in [0.5, 0.6) is 0 Å². The second-order valence-electron chi connectivity index (χ2n) is 6.18. The molecule has 3 aliphatic rings. The average Bonchev–Trinajstić information content (AvgIpc) is 2.39. The molecule has 4 rings (SSSR count). The Bertz CT molecular complexity index is 446. The van der Waals surface area contributed by atoms with E-state index in [0.717, 1.165) is 12.0 Å². The first-order valence-corrected chi connectivity index (χ1v) is 7.22. The van der Waals surface area contributed by atoms with Crippen LogP contribution >= 0.6 is 12.4 Å². The third-order valence-corrected chi connectivity index (χ3v) is 5.55. The third-order valence-electron chi connectivity index (χ3n) is 5.55. The van der Waals surface area contributed by atoms with E-state index in [9.17, 15) is 0 Å². The lowest BCUT2D eigenvalue weighted by molar-refractivity contribution is 0.0798. The molecule has 1 saturated carbocycles. The number of piperidine rings is 1. The van der Waals surface area contributed by atoms with Gasteiger partial charge in [0, 0.05) is 11.5 Å². The number of nitrogens with one attached hydrogen (secondary N) is 1. The fraction of sp³-hybridized carbons (Fsp3) is 0.625. The van der Waals surface area contributed by atoms with Crippen LogP contribution in [0, 0.1) is 5.92 Å². The molecule has 0 amide bonds. The average molecular weight is 282 g/mol. The first-order chi connectivity index (χ1) is 8.40. The summed E-state index contributed by atoms with van der Waals surface area (Å²) in [6.07, 6.45) is 8.41. The van der Waals surface area contributed by atoms with E-state index in [-0.39, 0.29) is 17.9 Å². The van der Waals surface area contributed by atoms with E-state index in [0.29, 0.717) is 5.41 Å². The zero-order valence-electron chi connectivity index (χ0n) is 11.3. The summed E-state index contributed by atoms with van der Waals surface area (Å²) in [5.74, 6) is 0.917. The van der Waals surface area contributed by atoms with Crippen LogP contribution in [-0.4, -0.2) is 18.1 Å². The summed E-state index contributed by atoms with van der Waals surface area (Å²) in [6.45, 7) is 1.23. The van der Waals surface area contributed by atoms with Crippen molar-refractivity contribution in [1.29, 1.82) is 0 Å². The molecule has 0 unspecified atom stereocenters. The molecule has 3 N–H and O–H groups in total. The number of hydrogen-bond acceptors (Lipinski definition) is 1. The molecule has 0 radical (unpaired) electrons. The number of hydrogen-bond donors (Lipinski definition) is 1. The summed E-state index contributed by atoms with van der Waals surface area (Å²) in [5.41, 5.74) is 3.88. The molecule has 3 atom stereocenters. The van der Waals surface area contributed by atoms with E-state index in [1.165, 1.54) is 45.1 Å². The van der Waals surface area contributed by atoms with Gasteiger partial charge >= 0.3 is 0 Å². The first kappa shape index (κ1) is 14.8. The van der Waals surface area contributed by atoms with Crippen molar-refractivity contribution < 1.29 is 5.48 Å². The molecule has 0 spiro atoms. The van der Waals surface area contributed by atoms with E-state index >= 15 is 0 Å². The van der Waals surface area contributed by atoms with Gasteiger partial charge in [0.1, 0.15) is 0 Å². The van der Waals surface area contributed by atoms with Crippen molar-refractivity contribution in [1.82, 2.24) is 5.32 Å². The molecule has 3 heteroatoms. The molecule has 2 nitrogen and oxygen atoms in total. The highest BCUT2D eigenvalue weighted by atomic mass is 35.5. The van der Waals surface area contributed by atoms with Crippen molar-refractivity contribution in [3.05, 3.63) is 35.4 Å². The van der Waals surface area contributed by atoms with Gasteiger partial charge < -0.3 is 10.8 Å². The normalized spacial score (nSPS) is 35.2. The van der Waals surface area contributed by atoms with Crippen LogP contribution in [-0.2, 0) is 11.8 Å². The molecule has 1 saturated heterocycles. The standard InChI is InChI=1S/C16H21N.ClH.H2O/c1-2-6-13-12(5-1)11-15-14-7-3-4-8-16(13,14)9-10-17-15;;/h1-2,5-6,14-15,17H,3-4,7-11H2;1H;1H2/t14-,15+,16-;;/m0../s1. The molecule has 2 fully saturated rings. The van der Waals surface area contributed by atoms with Gasteiger partial charge in [0.05, 0.1) is 0 Å². The Morgan fingerprint density at radius 2 is 1.95 bits per heavy atom. The summed E-state index contributed by atoms with van der Waals surface area (Å²) >= 11 is 0. The van der Waals surface area contributed by atoms with E-state index in [1.54, 1.807) is 11.1 Å². The Kier molecular flexibility index (Phi) is 4.24. The maximum Gasteiger partial charge on any atom is 0.0144 e. The largest absolute Gasteiger partial charge is 0.412 e. The van der Waals surface area contributed by atoms with Crippen LogP contribution < -0.4 is 5.32 Å². The highest BCUT2D eigenvalue weighted by Crippen LogP contribution is 2.53. The molecule has 1 aromatic carbocycles. The Hall–Kier alpha value is -0.570. The molecular weight excluding hydrogens is 258 g/mol. The molecule has 1 aliphatic heterocycles. The molecular formula is C16H24ClNO. The molecule has 19 heavy (non-hydrogen) atoms. The van der Waals surface area contributed by atoms with Gasteiger partial charge in [-0.25, -0.2) is 0 Å². The predicted octanol–water partition coefficient (Wildman–Crippen LogP) is 2.63. The molecule has 2 bridgehead atoms. The number of halogens is 1. The van der Waals surface area contributed by atoms with Gasteiger partial charge in [0.25, 0.3) is 0 Å². The van der Waals surface area contributed by atoms with E-state index in [1.807, 2.05) is 0 Å². The fourth-order valence-electron chi connectivity index (χ4n) is 4.89. The topological polar surface area (TPSA) is 43.5 Å². The summed E-state index contributed by atoms with van der Waals surface area (Å²) in [5, 5.41) is 3.79. The summed E-state index contributed by atoms with van der Waals surface area (Å²) in [4.78, 5) is 0. The Morgan fingerprint density at radius 1 is 1.11 bits per heavy atom. The third kappa shape index (κ3) is 2.01. The van der Waals surface area contributed by atoms with Crippen LogP contribution in [0.15, 0.2) is 24.3 Å². The van der Waals surface area contributed by atoms with Crippen LogP contribution in [0.1, 0.15) is 43.2 Å². The SMILES string of the molecule is Cl.O.c1ccc2c(c1)C[C@H]1NCC[C@@]23CCCC[C@@H]13. The predicted molar refractivity (Wildman–Crippen MR) is 81.1 cm³/mol. The highest BCUT2D eigenvalue weighted by Gasteiger charge is 2.51. The second kappa shape index (κ2) is 5.43. The lowest BCUT2D eigenvalue weighted by atomic mass is 9.53. The van der Waals surface area contributed by atoms with E-state index < -0.39 is 0 Å². The minimum Gasteiger partial charge on any atom is -0.412 e. The number of benzene rings is 1. The number of fused-ring (bicyclic) bond motifs is 1. The van der Waals surface area contributed by atoms with Crippen molar-refractivity contribution >= 4 is 12.4 Å². The summed E-state index contributed by atoms with van der Waals surface area (Å²) in [7, 11) is 0. The number of rotatable bonds is 0. The lowest BCUT2D eigenvalue weighted by Crippen LogP contribution is -2.59.